The Morgan fingerprint density at radius 3 is 2.68 bits per heavy atom. The minimum Gasteiger partial charge on any atom is -0.489 e. The van der Waals surface area contributed by atoms with E-state index in [1.165, 1.54) is 0 Å². The lowest BCUT2D eigenvalue weighted by Gasteiger charge is -2.16. The molecule has 2 rings (SSSR count). The zero-order valence-corrected chi connectivity index (χ0v) is 15.1. The average Bonchev–Trinajstić information content (AvgIpc) is 3.08. The van der Waals surface area contributed by atoms with Crippen molar-refractivity contribution >= 4 is 5.91 Å². The maximum atomic E-state index is 12.7. The molecule has 0 radical (unpaired) electrons. The van der Waals surface area contributed by atoms with Crippen LogP contribution in [-0.2, 0) is 0 Å². The molecule has 1 atom stereocenters. The average molecular weight is 344 g/mol. The van der Waals surface area contributed by atoms with Gasteiger partial charge < -0.3 is 15.8 Å². The van der Waals surface area contributed by atoms with Crippen molar-refractivity contribution in [2.24, 2.45) is 5.73 Å². The molecular formula is C19H28N4O2. The maximum Gasteiger partial charge on any atom is 0.275 e. The van der Waals surface area contributed by atoms with E-state index in [9.17, 15) is 4.79 Å². The number of amides is 1. The molecule has 0 aliphatic heterocycles. The van der Waals surface area contributed by atoms with Gasteiger partial charge in [-0.2, -0.15) is 5.10 Å². The number of ether oxygens (including phenoxy) is 1. The Hall–Kier alpha value is -2.34. The quantitative estimate of drug-likeness (QED) is 0.694. The van der Waals surface area contributed by atoms with E-state index in [0.29, 0.717) is 24.6 Å². The first-order valence-corrected chi connectivity index (χ1v) is 8.98. The van der Waals surface area contributed by atoms with Gasteiger partial charge in [0.25, 0.3) is 5.91 Å². The SMILES string of the molecule is CCCCC(CN)NC(=O)c1nn(-c2ccccc2)cc1OCCC. The normalized spacial score (nSPS) is 12.0. The van der Waals surface area contributed by atoms with E-state index in [4.69, 9.17) is 10.5 Å². The lowest BCUT2D eigenvalue weighted by molar-refractivity contribution is 0.0926. The van der Waals surface area contributed by atoms with Crippen LogP contribution < -0.4 is 15.8 Å². The summed E-state index contributed by atoms with van der Waals surface area (Å²) in [4.78, 5) is 12.7. The van der Waals surface area contributed by atoms with Crippen molar-refractivity contribution in [3.05, 3.63) is 42.2 Å². The molecule has 0 spiro atoms. The van der Waals surface area contributed by atoms with Crippen molar-refractivity contribution in [3.63, 3.8) is 0 Å². The lowest BCUT2D eigenvalue weighted by atomic mass is 10.1. The third-order valence-electron chi connectivity index (χ3n) is 3.90. The standard InChI is InChI=1S/C19H28N4O2/c1-3-5-9-15(13-20)21-19(24)18-17(25-12-4-2)14-23(22-18)16-10-7-6-8-11-16/h6-8,10-11,14-15H,3-5,9,12-13,20H2,1-2H3,(H,21,24). The molecule has 0 saturated carbocycles. The molecule has 0 aliphatic carbocycles. The third-order valence-corrected chi connectivity index (χ3v) is 3.90. The minimum absolute atomic E-state index is 0.0478. The van der Waals surface area contributed by atoms with E-state index in [1.54, 1.807) is 10.9 Å². The highest BCUT2D eigenvalue weighted by Gasteiger charge is 2.21. The molecule has 6 heteroatoms. The molecule has 1 amide bonds. The third kappa shape index (κ3) is 5.32. The van der Waals surface area contributed by atoms with Crippen molar-refractivity contribution in [2.75, 3.05) is 13.2 Å². The highest BCUT2D eigenvalue weighted by molar-refractivity contribution is 5.95. The summed E-state index contributed by atoms with van der Waals surface area (Å²) in [6.07, 6.45) is 5.58. The van der Waals surface area contributed by atoms with Crippen LogP contribution in [0.5, 0.6) is 5.75 Å². The van der Waals surface area contributed by atoms with Crippen molar-refractivity contribution in [1.29, 1.82) is 0 Å². The lowest BCUT2D eigenvalue weighted by Crippen LogP contribution is -2.40. The Balaban J connectivity index is 2.21. The number of unbranched alkanes of at least 4 members (excludes halogenated alkanes) is 1. The number of carbonyl (C=O) groups excluding carboxylic acids is 1. The van der Waals surface area contributed by atoms with Gasteiger partial charge in [0, 0.05) is 12.6 Å². The van der Waals surface area contributed by atoms with Gasteiger partial charge in [-0.05, 0) is 25.0 Å². The Morgan fingerprint density at radius 2 is 2.04 bits per heavy atom. The van der Waals surface area contributed by atoms with Crippen LogP contribution >= 0.6 is 0 Å². The van der Waals surface area contributed by atoms with Gasteiger partial charge in [0.05, 0.1) is 18.5 Å². The first-order chi connectivity index (χ1) is 12.2. The van der Waals surface area contributed by atoms with Crippen LogP contribution in [0.15, 0.2) is 36.5 Å². The molecule has 1 unspecified atom stereocenters. The summed E-state index contributed by atoms with van der Waals surface area (Å²) in [5.74, 6) is 0.252. The number of para-hydroxylation sites is 1. The van der Waals surface area contributed by atoms with E-state index in [0.717, 1.165) is 31.4 Å². The molecule has 1 heterocycles. The predicted octanol–water partition coefficient (Wildman–Crippen LogP) is 2.91. The second kappa shape index (κ2) is 9.84. The predicted molar refractivity (Wildman–Crippen MR) is 99.2 cm³/mol. The van der Waals surface area contributed by atoms with Gasteiger partial charge in [0.15, 0.2) is 11.4 Å². The van der Waals surface area contributed by atoms with E-state index < -0.39 is 0 Å². The van der Waals surface area contributed by atoms with Gasteiger partial charge in [0.2, 0.25) is 0 Å². The summed E-state index contributed by atoms with van der Waals surface area (Å²) in [5, 5.41) is 7.42. The van der Waals surface area contributed by atoms with Crippen LogP contribution in [0.1, 0.15) is 50.0 Å². The fourth-order valence-electron chi connectivity index (χ4n) is 2.50. The summed E-state index contributed by atoms with van der Waals surface area (Å²) in [5.41, 5.74) is 6.96. The van der Waals surface area contributed by atoms with Gasteiger partial charge in [0.1, 0.15) is 0 Å². The second-order valence-corrected chi connectivity index (χ2v) is 6.02. The van der Waals surface area contributed by atoms with Crippen molar-refractivity contribution in [1.82, 2.24) is 15.1 Å². The van der Waals surface area contributed by atoms with Gasteiger partial charge in [-0.1, -0.05) is 44.9 Å². The largest absolute Gasteiger partial charge is 0.489 e. The highest BCUT2D eigenvalue weighted by atomic mass is 16.5. The van der Waals surface area contributed by atoms with Crippen LogP contribution in [0.2, 0.25) is 0 Å². The Labute approximate surface area is 149 Å². The Morgan fingerprint density at radius 1 is 1.28 bits per heavy atom. The van der Waals surface area contributed by atoms with Crippen LogP contribution in [-0.4, -0.2) is 34.9 Å². The topological polar surface area (TPSA) is 82.2 Å². The number of benzene rings is 1. The molecule has 0 fully saturated rings. The molecule has 0 aliphatic rings. The molecule has 0 saturated heterocycles. The monoisotopic (exact) mass is 344 g/mol. The van der Waals surface area contributed by atoms with Crippen LogP contribution in [0.4, 0.5) is 0 Å². The number of hydrogen-bond donors (Lipinski definition) is 2. The minimum atomic E-state index is -0.243. The fourth-order valence-corrected chi connectivity index (χ4v) is 2.50. The molecule has 0 bridgehead atoms. The molecule has 2 aromatic rings. The van der Waals surface area contributed by atoms with Gasteiger partial charge in [-0.3, -0.25) is 4.79 Å². The maximum absolute atomic E-state index is 12.7. The smallest absolute Gasteiger partial charge is 0.275 e. The van der Waals surface area contributed by atoms with Crippen LogP contribution in [0.3, 0.4) is 0 Å². The van der Waals surface area contributed by atoms with E-state index in [1.807, 2.05) is 37.3 Å². The number of nitrogens with zero attached hydrogens (tertiary/aromatic N) is 2. The van der Waals surface area contributed by atoms with Crippen LogP contribution in [0.25, 0.3) is 5.69 Å². The van der Waals surface area contributed by atoms with Crippen LogP contribution in [0, 0.1) is 0 Å². The molecule has 6 nitrogen and oxygen atoms in total. The zero-order chi connectivity index (χ0) is 18.1. The van der Waals surface area contributed by atoms with Crippen molar-refractivity contribution in [2.45, 2.75) is 45.6 Å². The van der Waals surface area contributed by atoms with E-state index in [2.05, 4.69) is 17.3 Å². The number of hydrogen-bond acceptors (Lipinski definition) is 4. The Kier molecular flexibility index (Phi) is 7.47. The first-order valence-electron chi connectivity index (χ1n) is 8.98. The van der Waals surface area contributed by atoms with Gasteiger partial charge >= 0.3 is 0 Å². The molecule has 1 aromatic heterocycles. The Bertz CT molecular complexity index is 655. The van der Waals surface area contributed by atoms with Gasteiger partial charge in [-0.15, -0.1) is 0 Å². The summed E-state index contributed by atoms with van der Waals surface area (Å²) >= 11 is 0. The summed E-state index contributed by atoms with van der Waals surface area (Å²) < 4.78 is 7.40. The number of aromatic nitrogens is 2. The number of nitrogens with two attached hydrogens (primary N) is 1. The summed E-state index contributed by atoms with van der Waals surface area (Å²) in [6, 6.07) is 9.62. The van der Waals surface area contributed by atoms with Crippen molar-refractivity contribution in [3.8, 4) is 11.4 Å². The molecule has 1 aromatic carbocycles. The molecular weight excluding hydrogens is 316 g/mol. The molecule has 3 N–H and O–H groups in total. The number of carbonyl (C=O) groups is 1. The van der Waals surface area contributed by atoms with E-state index in [-0.39, 0.29) is 11.9 Å². The summed E-state index contributed by atoms with van der Waals surface area (Å²) in [7, 11) is 0. The number of nitrogens with one attached hydrogen (secondary N) is 1. The second-order valence-electron chi connectivity index (χ2n) is 6.02. The summed E-state index contributed by atoms with van der Waals surface area (Å²) in [6.45, 7) is 5.09. The van der Waals surface area contributed by atoms with Crippen molar-refractivity contribution < 1.29 is 9.53 Å². The highest BCUT2D eigenvalue weighted by Crippen LogP contribution is 2.20. The van der Waals surface area contributed by atoms with E-state index >= 15 is 0 Å². The molecule has 136 valence electrons. The first kappa shape index (κ1) is 19.0. The zero-order valence-electron chi connectivity index (χ0n) is 15.1. The molecule has 25 heavy (non-hydrogen) atoms. The number of rotatable bonds is 10. The van der Waals surface area contributed by atoms with Gasteiger partial charge in [-0.25, -0.2) is 4.68 Å². The fraction of sp³-hybridized carbons (Fsp3) is 0.474.